The zero-order valence-electron chi connectivity index (χ0n) is 16.0. The third-order valence-corrected chi connectivity index (χ3v) is 4.47. The van der Waals surface area contributed by atoms with Crippen molar-refractivity contribution in [2.45, 2.75) is 40.0 Å². The highest BCUT2D eigenvalue weighted by molar-refractivity contribution is 5.80. The van der Waals surface area contributed by atoms with E-state index in [1.54, 1.807) is 18.3 Å². The minimum Gasteiger partial charge on any atom is -0.304 e. The number of benzene rings is 1. The number of halogens is 1. The first-order valence-corrected chi connectivity index (χ1v) is 9.42. The molecule has 2 aromatic rings. The second kappa shape index (κ2) is 10.1. The number of nitrogens with one attached hydrogen (secondary N) is 1. The predicted octanol–water partition coefficient (Wildman–Crippen LogP) is 3.41. The van der Waals surface area contributed by atoms with Gasteiger partial charge in [-0.15, -0.1) is 0 Å². The van der Waals surface area contributed by atoms with Crippen LogP contribution in [-0.4, -0.2) is 47.1 Å². The van der Waals surface area contributed by atoms with Crippen molar-refractivity contribution in [2.75, 3.05) is 26.2 Å². The summed E-state index contributed by atoms with van der Waals surface area (Å²) in [6.07, 6.45) is 4.35. The molecule has 0 aliphatic rings. The van der Waals surface area contributed by atoms with E-state index >= 15 is 0 Å². The van der Waals surface area contributed by atoms with Gasteiger partial charge in [-0.2, -0.15) is 0 Å². The van der Waals surface area contributed by atoms with E-state index in [4.69, 9.17) is 0 Å². The van der Waals surface area contributed by atoms with E-state index in [1.165, 1.54) is 16.8 Å². The van der Waals surface area contributed by atoms with Crippen LogP contribution in [0.25, 0.3) is 5.69 Å². The van der Waals surface area contributed by atoms with Crippen LogP contribution in [-0.2, 0) is 6.42 Å². The third kappa shape index (κ3) is 5.14. The van der Waals surface area contributed by atoms with Crippen molar-refractivity contribution in [2.24, 2.45) is 4.99 Å². The van der Waals surface area contributed by atoms with Gasteiger partial charge in [0.25, 0.3) is 5.56 Å². The number of nitrogens with zero attached hydrogens (tertiary/aromatic N) is 3. The van der Waals surface area contributed by atoms with Crippen LogP contribution in [0.1, 0.15) is 44.9 Å². The summed E-state index contributed by atoms with van der Waals surface area (Å²) in [7, 11) is 0. The highest BCUT2D eigenvalue weighted by Crippen LogP contribution is 2.10. The fourth-order valence-corrected chi connectivity index (χ4v) is 2.92. The van der Waals surface area contributed by atoms with Gasteiger partial charge in [-0.25, -0.2) is 9.07 Å². The summed E-state index contributed by atoms with van der Waals surface area (Å²) >= 11 is 0. The van der Waals surface area contributed by atoms with Gasteiger partial charge in [-0.3, -0.25) is 14.9 Å². The fraction of sp³-hybridized carbons (Fsp3) is 0.500. The van der Waals surface area contributed by atoms with Crippen LogP contribution in [0.2, 0.25) is 0 Å². The number of hydrogen-bond donors (Lipinski definition) is 1. The van der Waals surface area contributed by atoms with Crippen LogP contribution in [0, 0.1) is 5.82 Å². The lowest BCUT2D eigenvalue weighted by Crippen LogP contribution is -2.24. The maximum Gasteiger partial charge on any atom is 0.280 e. The maximum atomic E-state index is 13.1. The molecule has 0 saturated heterocycles. The van der Waals surface area contributed by atoms with Gasteiger partial charge in [0, 0.05) is 18.5 Å². The second-order valence-corrected chi connectivity index (χ2v) is 6.29. The summed E-state index contributed by atoms with van der Waals surface area (Å²) in [5.41, 5.74) is 1.94. The average Bonchev–Trinajstić information content (AvgIpc) is 2.95. The monoisotopic (exact) mass is 360 g/mol. The van der Waals surface area contributed by atoms with Crippen molar-refractivity contribution < 1.29 is 4.39 Å². The van der Waals surface area contributed by atoms with Gasteiger partial charge in [0.05, 0.1) is 11.3 Å². The van der Waals surface area contributed by atoms with E-state index in [1.807, 2.05) is 0 Å². The smallest absolute Gasteiger partial charge is 0.280 e. The molecule has 6 heteroatoms. The van der Waals surface area contributed by atoms with E-state index in [0.29, 0.717) is 17.8 Å². The van der Waals surface area contributed by atoms with E-state index in [9.17, 15) is 9.18 Å². The van der Waals surface area contributed by atoms with Crippen LogP contribution in [0.3, 0.4) is 0 Å². The molecule has 2 rings (SSSR count). The Morgan fingerprint density at radius 1 is 1.19 bits per heavy atom. The maximum absolute atomic E-state index is 13.1. The van der Waals surface area contributed by atoms with E-state index in [0.717, 1.165) is 44.6 Å². The van der Waals surface area contributed by atoms with Crippen LogP contribution in [0.15, 0.2) is 34.1 Å². The Morgan fingerprint density at radius 2 is 1.88 bits per heavy atom. The number of aliphatic imine (C=N–C) groups is 1. The van der Waals surface area contributed by atoms with Crippen molar-refractivity contribution in [1.29, 1.82) is 0 Å². The predicted molar refractivity (Wildman–Crippen MR) is 105 cm³/mol. The molecule has 1 aromatic carbocycles. The topological polar surface area (TPSA) is 53.4 Å². The first kappa shape index (κ1) is 20.1. The number of rotatable bonds is 10. The van der Waals surface area contributed by atoms with Crippen molar-refractivity contribution in [3.63, 3.8) is 0 Å². The molecule has 0 fully saturated rings. The van der Waals surface area contributed by atoms with Gasteiger partial charge in [-0.1, -0.05) is 27.2 Å². The van der Waals surface area contributed by atoms with Crippen molar-refractivity contribution in [1.82, 2.24) is 14.7 Å². The van der Waals surface area contributed by atoms with Gasteiger partial charge >= 0.3 is 0 Å². The Balaban J connectivity index is 2.15. The molecule has 0 unspecified atom stereocenters. The molecule has 0 atom stereocenters. The molecule has 0 bridgehead atoms. The van der Waals surface area contributed by atoms with Crippen LogP contribution in [0.5, 0.6) is 0 Å². The van der Waals surface area contributed by atoms with Crippen LogP contribution < -0.4 is 5.56 Å². The zero-order valence-corrected chi connectivity index (χ0v) is 16.0. The molecular formula is C20H29FN4O. The molecule has 26 heavy (non-hydrogen) atoms. The highest BCUT2D eigenvalue weighted by atomic mass is 19.1. The molecule has 0 aliphatic carbocycles. The number of hydrogen-bond acceptors (Lipinski definition) is 3. The lowest BCUT2D eigenvalue weighted by molar-refractivity contribution is 0.302. The number of H-pyrrole nitrogens is 1. The Hall–Kier alpha value is -2.21. The van der Waals surface area contributed by atoms with Gasteiger partial charge in [0.1, 0.15) is 5.82 Å². The molecule has 1 N–H and O–H groups in total. The largest absolute Gasteiger partial charge is 0.304 e. The van der Waals surface area contributed by atoms with Crippen LogP contribution >= 0.6 is 0 Å². The Labute approximate surface area is 154 Å². The zero-order chi connectivity index (χ0) is 18.9. The summed E-state index contributed by atoms with van der Waals surface area (Å²) in [5, 5.41) is 3.15. The molecule has 0 spiro atoms. The van der Waals surface area contributed by atoms with Crippen LogP contribution in [0.4, 0.5) is 4.39 Å². The highest BCUT2D eigenvalue weighted by Gasteiger charge is 2.13. The number of aromatic nitrogens is 2. The molecule has 5 nitrogen and oxygen atoms in total. The third-order valence-electron chi connectivity index (χ3n) is 4.47. The number of aryl methyl sites for hydroxylation is 1. The summed E-state index contributed by atoms with van der Waals surface area (Å²) in [4.78, 5) is 19.6. The van der Waals surface area contributed by atoms with E-state index < -0.39 is 0 Å². The molecule has 142 valence electrons. The fourth-order valence-electron chi connectivity index (χ4n) is 2.92. The molecular weight excluding hydrogens is 331 g/mol. The van der Waals surface area contributed by atoms with Crippen molar-refractivity contribution in [3.8, 4) is 5.69 Å². The molecule has 0 radical (unpaired) electrons. The molecule has 1 heterocycles. The Bertz CT molecular complexity index is 757. The van der Waals surface area contributed by atoms with Gasteiger partial charge in [0.15, 0.2) is 0 Å². The van der Waals surface area contributed by atoms with Gasteiger partial charge in [-0.05, 0) is 56.7 Å². The van der Waals surface area contributed by atoms with Crippen molar-refractivity contribution in [3.05, 3.63) is 51.7 Å². The SMILES string of the molecule is CCCc1[nH]n(-c2ccc(F)cc2)c(=O)c1C=NCCCN(CC)CC. The molecule has 0 aliphatic heterocycles. The normalized spacial score (nSPS) is 11.7. The van der Waals surface area contributed by atoms with E-state index in [2.05, 4.69) is 35.8 Å². The lowest BCUT2D eigenvalue weighted by Gasteiger charge is -2.16. The number of aromatic amines is 1. The second-order valence-electron chi connectivity index (χ2n) is 6.29. The minimum absolute atomic E-state index is 0.146. The van der Waals surface area contributed by atoms with Gasteiger partial charge in [0.2, 0.25) is 0 Å². The lowest BCUT2D eigenvalue weighted by atomic mass is 10.2. The van der Waals surface area contributed by atoms with Crippen molar-refractivity contribution >= 4 is 6.21 Å². The van der Waals surface area contributed by atoms with E-state index in [-0.39, 0.29) is 11.4 Å². The average molecular weight is 360 g/mol. The molecule has 0 amide bonds. The summed E-state index contributed by atoms with van der Waals surface area (Å²) in [6.45, 7) is 10.2. The minimum atomic E-state index is -0.322. The standard InChI is InChI=1S/C20H29FN4O/c1-4-8-19-18(15-22-13-7-14-24(5-2)6-3)20(26)25(23-19)17-11-9-16(21)10-12-17/h9-12,15,23H,4-8,13-14H2,1-3H3. The molecule has 1 aromatic heterocycles. The summed E-state index contributed by atoms with van der Waals surface area (Å²) in [6, 6.07) is 5.88. The first-order valence-electron chi connectivity index (χ1n) is 9.42. The Kier molecular flexibility index (Phi) is 7.78. The summed E-state index contributed by atoms with van der Waals surface area (Å²) in [5.74, 6) is -0.322. The quantitative estimate of drug-likeness (QED) is 0.521. The first-order chi connectivity index (χ1) is 12.6. The summed E-state index contributed by atoms with van der Waals surface area (Å²) < 4.78 is 14.6. The Morgan fingerprint density at radius 3 is 2.50 bits per heavy atom. The molecule has 0 saturated carbocycles. The van der Waals surface area contributed by atoms with Gasteiger partial charge < -0.3 is 4.90 Å².